The van der Waals surface area contributed by atoms with Gasteiger partial charge >= 0.3 is 6.03 Å². The number of urea groups is 1. The Labute approximate surface area is 269 Å². The third-order valence-electron chi connectivity index (χ3n) is 9.13. The number of hydrogen-bond acceptors (Lipinski definition) is 6. The van der Waals surface area contributed by atoms with Gasteiger partial charge in [0, 0.05) is 43.5 Å². The van der Waals surface area contributed by atoms with Crippen molar-refractivity contribution in [2.24, 2.45) is 11.8 Å². The van der Waals surface area contributed by atoms with Crippen LogP contribution in [0.4, 0.5) is 16.2 Å². The zero-order valence-corrected chi connectivity index (χ0v) is 27.7. The van der Waals surface area contributed by atoms with E-state index < -0.39 is 12.1 Å². The Morgan fingerprint density at radius 3 is 2.42 bits per heavy atom. The molecule has 9 nitrogen and oxygen atoms in total. The monoisotopic (exact) mass is 622 g/mol. The molecule has 3 amide bonds. The molecule has 45 heavy (non-hydrogen) atoms. The number of ether oxygens (including phenoxy) is 2. The van der Waals surface area contributed by atoms with Crippen LogP contribution in [-0.2, 0) is 4.74 Å². The fraction of sp³-hybridized carbons (Fsp3) is 0.611. The Morgan fingerprint density at radius 2 is 1.69 bits per heavy atom. The first kappa shape index (κ1) is 34.7. The van der Waals surface area contributed by atoms with E-state index >= 15 is 0 Å². The third-order valence-corrected chi connectivity index (χ3v) is 9.13. The Balaban J connectivity index is 1.56. The highest BCUT2D eigenvalue weighted by atomic mass is 16.5. The van der Waals surface area contributed by atoms with E-state index in [4.69, 9.17) is 9.47 Å². The van der Waals surface area contributed by atoms with E-state index in [1.54, 1.807) is 23.1 Å². The number of likely N-dealkylation sites (N-methyl/N-ethyl adjacent to an activating group) is 1. The lowest BCUT2D eigenvalue weighted by Crippen LogP contribution is -2.47. The maximum Gasteiger partial charge on any atom is 0.323 e. The molecule has 0 bridgehead atoms. The van der Waals surface area contributed by atoms with Crippen molar-refractivity contribution in [1.29, 1.82) is 0 Å². The van der Waals surface area contributed by atoms with Crippen LogP contribution < -0.4 is 15.4 Å². The van der Waals surface area contributed by atoms with Gasteiger partial charge in [0.15, 0.2) is 0 Å². The van der Waals surface area contributed by atoms with E-state index in [2.05, 4.69) is 29.5 Å². The number of carbonyl (C=O) groups excluding carboxylic acids is 2. The number of hydrogen-bond donors (Lipinski definition) is 3. The summed E-state index contributed by atoms with van der Waals surface area (Å²) in [4.78, 5) is 31.2. The van der Waals surface area contributed by atoms with Crippen molar-refractivity contribution in [3.63, 3.8) is 0 Å². The van der Waals surface area contributed by atoms with Crippen molar-refractivity contribution in [1.82, 2.24) is 9.80 Å². The molecule has 2 aliphatic rings. The van der Waals surface area contributed by atoms with Gasteiger partial charge in [-0.2, -0.15) is 0 Å². The lowest BCUT2D eigenvalue weighted by Gasteiger charge is -2.36. The van der Waals surface area contributed by atoms with Gasteiger partial charge in [0.2, 0.25) is 0 Å². The molecular formula is C36H54N4O5. The number of carbonyl (C=O) groups is 2. The zero-order chi connectivity index (χ0) is 32.2. The molecule has 2 aromatic carbocycles. The van der Waals surface area contributed by atoms with Crippen molar-refractivity contribution >= 4 is 23.3 Å². The van der Waals surface area contributed by atoms with Crippen molar-refractivity contribution in [3.05, 3.63) is 54.1 Å². The summed E-state index contributed by atoms with van der Waals surface area (Å²) in [6.45, 7) is 8.79. The van der Waals surface area contributed by atoms with E-state index in [1.807, 2.05) is 44.2 Å². The quantitative estimate of drug-likeness (QED) is 0.305. The van der Waals surface area contributed by atoms with Crippen molar-refractivity contribution in [2.45, 2.75) is 90.4 Å². The number of aliphatic hydroxyl groups excluding tert-OH is 1. The normalized spacial score (nSPS) is 23.0. The molecule has 0 unspecified atom stereocenters. The van der Waals surface area contributed by atoms with Gasteiger partial charge in [0.05, 0.1) is 30.4 Å². The van der Waals surface area contributed by atoms with Gasteiger partial charge in [-0.15, -0.1) is 0 Å². The number of fused-ring (bicyclic) bond motifs is 1. The molecule has 2 aromatic rings. The summed E-state index contributed by atoms with van der Waals surface area (Å²) in [6, 6.07) is 13.5. The van der Waals surface area contributed by atoms with E-state index in [0.717, 1.165) is 38.3 Å². The minimum Gasteiger partial charge on any atom is -0.490 e. The molecule has 1 fully saturated rings. The van der Waals surface area contributed by atoms with Gasteiger partial charge in [-0.1, -0.05) is 44.4 Å². The van der Waals surface area contributed by atoms with Crippen LogP contribution in [0.5, 0.6) is 5.75 Å². The maximum absolute atomic E-state index is 14.3. The summed E-state index contributed by atoms with van der Waals surface area (Å²) >= 11 is 0. The van der Waals surface area contributed by atoms with Gasteiger partial charge in [0.25, 0.3) is 5.91 Å². The largest absolute Gasteiger partial charge is 0.490 e. The third kappa shape index (κ3) is 10.7. The van der Waals surface area contributed by atoms with Crippen LogP contribution in [0, 0.1) is 11.8 Å². The highest BCUT2D eigenvalue weighted by Gasteiger charge is 2.31. The molecule has 4 atom stereocenters. The van der Waals surface area contributed by atoms with Crippen molar-refractivity contribution < 1.29 is 24.2 Å². The summed E-state index contributed by atoms with van der Waals surface area (Å²) in [5.74, 6) is 0.993. The van der Waals surface area contributed by atoms with Gasteiger partial charge in [-0.25, -0.2) is 4.79 Å². The molecule has 0 saturated heterocycles. The van der Waals surface area contributed by atoms with Crippen LogP contribution >= 0.6 is 0 Å². The van der Waals surface area contributed by atoms with Gasteiger partial charge in [-0.3, -0.25) is 4.79 Å². The topological polar surface area (TPSA) is 103 Å². The smallest absolute Gasteiger partial charge is 0.323 e. The molecule has 0 spiro atoms. The van der Waals surface area contributed by atoms with Crippen LogP contribution in [0.3, 0.4) is 0 Å². The number of para-hydroxylation sites is 1. The number of amides is 3. The van der Waals surface area contributed by atoms with Crippen LogP contribution in [0.1, 0.15) is 82.5 Å². The highest BCUT2D eigenvalue weighted by molar-refractivity contribution is 6.02. The molecule has 1 heterocycles. The number of aliphatic hydroxyl groups is 1. The lowest BCUT2D eigenvalue weighted by molar-refractivity contribution is -0.0190. The second-order valence-corrected chi connectivity index (χ2v) is 13.2. The highest BCUT2D eigenvalue weighted by Crippen LogP contribution is 2.29. The van der Waals surface area contributed by atoms with Crippen molar-refractivity contribution in [3.8, 4) is 5.75 Å². The van der Waals surface area contributed by atoms with E-state index in [9.17, 15) is 14.7 Å². The Bertz CT molecular complexity index is 1210. The predicted molar refractivity (Wildman–Crippen MR) is 180 cm³/mol. The molecule has 248 valence electrons. The number of rotatable bonds is 8. The van der Waals surface area contributed by atoms with Crippen LogP contribution in [0.25, 0.3) is 0 Å². The molecule has 0 aromatic heterocycles. The second-order valence-electron chi connectivity index (χ2n) is 13.2. The fourth-order valence-electron chi connectivity index (χ4n) is 6.47. The van der Waals surface area contributed by atoms with E-state index in [1.165, 1.54) is 32.1 Å². The minimum atomic E-state index is -0.420. The summed E-state index contributed by atoms with van der Waals surface area (Å²) < 4.78 is 12.9. The van der Waals surface area contributed by atoms with Gasteiger partial charge in [0.1, 0.15) is 5.75 Å². The summed E-state index contributed by atoms with van der Waals surface area (Å²) in [5, 5.41) is 15.9. The van der Waals surface area contributed by atoms with E-state index in [-0.39, 0.29) is 30.6 Å². The number of anilines is 2. The van der Waals surface area contributed by atoms with E-state index in [0.29, 0.717) is 35.8 Å². The Kier molecular flexibility index (Phi) is 13.5. The first-order valence-electron chi connectivity index (χ1n) is 16.9. The Morgan fingerprint density at radius 1 is 0.978 bits per heavy atom. The van der Waals surface area contributed by atoms with Crippen LogP contribution in [0.2, 0.25) is 0 Å². The molecule has 9 heteroatoms. The molecule has 1 aliphatic carbocycles. The number of nitrogens with zero attached hydrogens (tertiary/aromatic N) is 2. The summed E-state index contributed by atoms with van der Waals surface area (Å²) in [5.41, 5.74) is 1.50. The molecule has 1 aliphatic heterocycles. The summed E-state index contributed by atoms with van der Waals surface area (Å²) in [7, 11) is 2.19. The average Bonchev–Trinajstić information content (AvgIpc) is 3.03. The first-order valence-corrected chi connectivity index (χ1v) is 16.9. The minimum absolute atomic E-state index is 0.0287. The summed E-state index contributed by atoms with van der Waals surface area (Å²) in [6.07, 6.45) is 9.15. The zero-order valence-electron chi connectivity index (χ0n) is 27.7. The van der Waals surface area contributed by atoms with Crippen molar-refractivity contribution in [2.75, 3.05) is 50.5 Å². The van der Waals surface area contributed by atoms with Crippen LogP contribution in [0.15, 0.2) is 48.5 Å². The SMILES string of the molecule is C[C@@H]1CCCCO[C@@H](CN(C)CC2CCCCC2)[C@@H](C)CN([C@@H](C)CO)C(=O)c2cc(NC(=O)Nc3ccccc3)ccc2O1. The van der Waals surface area contributed by atoms with Crippen LogP contribution in [-0.4, -0.2) is 85.0 Å². The second kappa shape index (κ2) is 17.5. The molecule has 3 N–H and O–H groups in total. The molecule has 1 saturated carbocycles. The maximum atomic E-state index is 14.3. The molecular weight excluding hydrogens is 568 g/mol. The first-order chi connectivity index (χ1) is 21.7. The lowest BCUT2D eigenvalue weighted by atomic mass is 9.89. The predicted octanol–water partition coefficient (Wildman–Crippen LogP) is 6.64. The van der Waals surface area contributed by atoms with Gasteiger partial charge in [-0.05, 0) is 89.2 Å². The standard InChI is InChI=1S/C36H54N4O5/c1-26-22-40(27(2)25-41)35(42)32-21-31(38-36(43)37-30-16-9-6-10-17-30)18-19-33(32)45-28(3)13-11-12-20-44-34(26)24-39(4)23-29-14-7-5-8-15-29/h6,9-10,16-19,21,26-29,34,41H,5,7-8,11-15,20,22-25H2,1-4H3,(H2,37,38,43)/t26-,27-,28+,34-/m0/s1. The van der Waals surface area contributed by atoms with Gasteiger partial charge < -0.3 is 35.0 Å². The average molecular weight is 623 g/mol. The number of nitrogens with one attached hydrogen (secondary N) is 2. The molecule has 4 rings (SSSR count). The molecule has 0 radical (unpaired) electrons. The number of benzene rings is 2. The Hall–Kier alpha value is -3.14. The fourth-order valence-corrected chi connectivity index (χ4v) is 6.47.